The molecular formula is C23H19ClFN3O2. The number of carbonyl (C=O) groups excluding carboxylic acids is 1. The first-order valence-electron chi connectivity index (χ1n) is 9.38. The van der Waals surface area contributed by atoms with E-state index in [2.05, 4.69) is 10.3 Å². The number of ether oxygens (including phenoxy) is 1. The molecule has 1 heterocycles. The first kappa shape index (κ1) is 19.9. The highest BCUT2D eigenvalue weighted by molar-refractivity contribution is 6.31. The third-order valence-electron chi connectivity index (χ3n) is 4.64. The van der Waals surface area contributed by atoms with E-state index >= 15 is 0 Å². The molecule has 0 spiro atoms. The molecule has 7 heteroatoms. The number of amides is 1. The molecule has 0 radical (unpaired) electrons. The van der Waals surface area contributed by atoms with Gasteiger partial charge in [-0.3, -0.25) is 4.79 Å². The number of nitrogens with one attached hydrogen (secondary N) is 1. The van der Waals surface area contributed by atoms with Gasteiger partial charge in [-0.15, -0.1) is 0 Å². The number of benzene rings is 3. The summed E-state index contributed by atoms with van der Waals surface area (Å²) in [6, 6.07) is 18.8. The lowest BCUT2D eigenvalue weighted by molar-refractivity contribution is -0.116. The van der Waals surface area contributed by atoms with Crippen LogP contribution in [0.1, 0.15) is 11.4 Å². The number of hydrogen-bond acceptors (Lipinski definition) is 3. The van der Waals surface area contributed by atoms with Crippen LogP contribution in [0.15, 0.2) is 66.7 Å². The summed E-state index contributed by atoms with van der Waals surface area (Å²) in [5, 5.41) is 3.39. The summed E-state index contributed by atoms with van der Waals surface area (Å²) >= 11 is 6.07. The third-order valence-corrected chi connectivity index (χ3v) is 5.07. The minimum Gasteiger partial charge on any atom is -0.486 e. The lowest BCUT2D eigenvalue weighted by Gasteiger charge is -2.12. The molecule has 1 aromatic heterocycles. The van der Waals surface area contributed by atoms with Crippen molar-refractivity contribution >= 4 is 34.2 Å². The molecule has 3 aromatic carbocycles. The summed E-state index contributed by atoms with van der Waals surface area (Å²) in [6.07, 6.45) is 0. The maximum atomic E-state index is 13.4. The first-order valence-corrected chi connectivity index (χ1v) is 9.76. The van der Waals surface area contributed by atoms with Crippen LogP contribution in [-0.2, 0) is 17.9 Å². The number of rotatable bonds is 6. The van der Waals surface area contributed by atoms with E-state index in [1.165, 1.54) is 12.1 Å². The number of carbonyl (C=O) groups is 1. The Morgan fingerprint density at radius 3 is 2.77 bits per heavy atom. The molecule has 4 rings (SSSR count). The number of imidazole rings is 1. The van der Waals surface area contributed by atoms with E-state index in [1.54, 1.807) is 28.8 Å². The van der Waals surface area contributed by atoms with Gasteiger partial charge in [0.25, 0.3) is 0 Å². The van der Waals surface area contributed by atoms with E-state index < -0.39 is 5.82 Å². The molecule has 0 saturated heterocycles. The molecular weight excluding hydrogens is 405 g/mol. The van der Waals surface area contributed by atoms with Crippen molar-refractivity contribution in [2.24, 2.45) is 0 Å². The summed E-state index contributed by atoms with van der Waals surface area (Å²) in [6.45, 7) is 2.11. The second kappa shape index (κ2) is 8.55. The van der Waals surface area contributed by atoms with Gasteiger partial charge in [0.05, 0.1) is 11.0 Å². The second-order valence-corrected chi connectivity index (χ2v) is 7.27. The average molecular weight is 424 g/mol. The SMILES string of the molecule is Cc1cc(OCc2nc3ccccc3n2CC(=O)Nc2cccc(F)c2)ccc1Cl. The predicted molar refractivity (Wildman–Crippen MR) is 115 cm³/mol. The van der Waals surface area contributed by atoms with Gasteiger partial charge in [-0.2, -0.15) is 0 Å². The number of aryl methyl sites for hydroxylation is 1. The van der Waals surface area contributed by atoms with E-state index in [-0.39, 0.29) is 19.1 Å². The molecule has 1 amide bonds. The lowest BCUT2D eigenvalue weighted by Crippen LogP contribution is -2.20. The van der Waals surface area contributed by atoms with Gasteiger partial charge in [-0.05, 0) is 61.0 Å². The van der Waals surface area contributed by atoms with Crippen molar-refractivity contribution in [3.8, 4) is 5.75 Å². The summed E-state index contributed by atoms with van der Waals surface area (Å²) in [5.41, 5.74) is 2.90. The quantitative estimate of drug-likeness (QED) is 0.454. The Morgan fingerprint density at radius 2 is 1.97 bits per heavy atom. The Labute approximate surface area is 178 Å². The molecule has 1 N–H and O–H groups in total. The fourth-order valence-electron chi connectivity index (χ4n) is 3.18. The number of hydrogen-bond donors (Lipinski definition) is 1. The summed E-state index contributed by atoms with van der Waals surface area (Å²) in [4.78, 5) is 17.2. The van der Waals surface area contributed by atoms with Crippen LogP contribution in [0.4, 0.5) is 10.1 Å². The molecule has 5 nitrogen and oxygen atoms in total. The Balaban J connectivity index is 1.56. The Bertz CT molecular complexity index is 1220. The molecule has 0 atom stereocenters. The number of aromatic nitrogens is 2. The van der Waals surface area contributed by atoms with Gasteiger partial charge in [-0.25, -0.2) is 9.37 Å². The van der Waals surface area contributed by atoms with E-state index in [9.17, 15) is 9.18 Å². The van der Waals surface area contributed by atoms with E-state index in [0.29, 0.717) is 22.3 Å². The van der Waals surface area contributed by atoms with Crippen LogP contribution in [0.5, 0.6) is 5.75 Å². The Kier molecular flexibility index (Phi) is 5.68. The van der Waals surface area contributed by atoms with E-state index in [4.69, 9.17) is 16.3 Å². The van der Waals surface area contributed by atoms with Gasteiger partial charge in [0.2, 0.25) is 5.91 Å². The van der Waals surface area contributed by atoms with Crippen molar-refractivity contribution < 1.29 is 13.9 Å². The molecule has 0 aliphatic carbocycles. The molecule has 30 heavy (non-hydrogen) atoms. The molecule has 0 bridgehead atoms. The van der Waals surface area contributed by atoms with Crippen LogP contribution in [0.3, 0.4) is 0 Å². The van der Waals surface area contributed by atoms with Gasteiger partial charge in [0.1, 0.15) is 30.5 Å². The van der Waals surface area contributed by atoms with Crippen LogP contribution in [0, 0.1) is 12.7 Å². The van der Waals surface area contributed by atoms with Gasteiger partial charge in [0.15, 0.2) is 0 Å². The summed E-state index contributed by atoms with van der Waals surface area (Å²) in [7, 11) is 0. The lowest BCUT2D eigenvalue weighted by atomic mass is 10.2. The summed E-state index contributed by atoms with van der Waals surface area (Å²) in [5.74, 6) is 0.582. The van der Waals surface area contributed by atoms with Gasteiger partial charge < -0.3 is 14.6 Å². The molecule has 152 valence electrons. The zero-order valence-electron chi connectivity index (χ0n) is 16.2. The topological polar surface area (TPSA) is 56.2 Å². The molecule has 0 unspecified atom stereocenters. The van der Waals surface area contributed by atoms with Gasteiger partial charge in [-0.1, -0.05) is 29.8 Å². The van der Waals surface area contributed by atoms with Crippen LogP contribution < -0.4 is 10.1 Å². The van der Waals surface area contributed by atoms with E-state index in [0.717, 1.165) is 16.6 Å². The highest BCUT2D eigenvalue weighted by Crippen LogP contribution is 2.23. The molecule has 0 aliphatic heterocycles. The van der Waals surface area contributed by atoms with Crippen LogP contribution in [0.25, 0.3) is 11.0 Å². The maximum Gasteiger partial charge on any atom is 0.244 e. The number of halogens is 2. The molecule has 0 fully saturated rings. The average Bonchev–Trinajstić information content (AvgIpc) is 3.06. The monoisotopic (exact) mass is 423 g/mol. The van der Waals surface area contributed by atoms with Gasteiger partial charge in [0, 0.05) is 10.7 Å². The molecule has 4 aromatic rings. The van der Waals surface area contributed by atoms with E-state index in [1.807, 2.05) is 37.3 Å². The maximum absolute atomic E-state index is 13.4. The van der Waals surface area contributed by atoms with Crippen LogP contribution in [0.2, 0.25) is 5.02 Å². The van der Waals surface area contributed by atoms with Crippen LogP contribution >= 0.6 is 11.6 Å². The highest BCUT2D eigenvalue weighted by Gasteiger charge is 2.15. The normalized spacial score (nSPS) is 10.9. The smallest absolute Gasteiger partial charge is 0.244 e. The number of para-hydroxylation sites is 2. The van der Waals surface area contributed by atoms with Crippen molar-refractivity contribution in [2.45, 2.75) is 20.1 Å². The Morgan fingerprint density at radius 1 is 1.13 bits per heavy atom. The summed E-state index contributed by atoms with van der Waals surface area (Å²) < 4.78 is 21.1. The van der Waals surface area contributed by atoms with Crippen molar-refractivity contribution in [3.05, 3.63) is 89.0 Å². The highest BCUT2D eigenvalue weighted by atomic mass is 35.5. The Hall–Kier alpha value is -3.38. The van der Waals surface area contributed by atoms with Crippen LogP contribution in [-0.4, -0.2) is 15.5 Å². The zero-order chi connectivity index (χ0) is 21.1. The number of nitrogens with zero attached hydrogens (tertiary/aromatic N) is 2. The zero-order valence-corrected chi connectivity index (χ0v) is 17.0. The number of anilines is 1. The number of fused-ring (bicyclic) bond motifs is 1. The first-order chi connectivity index (χ1) is 14.5. The minimum absolute atomic E-state index is 0.0232. The van der Waals surface area contributed by atoms with Gasteiger partial charge >= 0.3 is 0 Å². The molecule has 0 aliphatic rings. The van der Waals surface area contributed by atoms with Crippen molar-refractivity contribution in [2.75, 3.05) is 5.32 Å². The fourth-order valence-corrected chi connectivity index (χ4v) is 3.29. The molecule has 0 saturated carbocycles. The fraction of sp³-hybridized carbons (Fsp3) is 0.130. The predicted octanol–water partition coefficient (Wildman–Crippen LogP) is 5.35. The minimum atomic E-state index is -0.409. The second-order valence-electron chi connectivity index (χ2n) is 6.86. The van der Waals surface area contributed by atoms with Crippen molar-refractivity contribution in [1.29, 1.82) is 0 Å². The van der Waals surface area contributed by atoms with Crippen molar-refractivity contribution in [1.82, 2.24) is 9.55 Å². The third kappa shape index (κ3) is 4.44. The van der Waals surface area contributed by atoms with Crippen molar-refractivity contribution in [3.63, 3.8) is 0 Å². The largest absolute Gasteiger partial charge is 0.486 e. The standard InChI is InChI=1S/C23H19ClFN3O2/c1-15-11-18(9-10-19(15)24)30-14-22-27-20-7-2-3-8-21(20)28(22)13-23(29)26-17-6-4-5-16(25)12-17/h2-12H,13-14H2,1H3,(H,26,29).